The molecule has 2 aliphatic rings. The molecule has 1 saturated carbocycles. The molecule has 0 N–H and O–H groups in total. The molecule has 20 heavy (non-hydrogen) atoms. The molecule has 1 aromatic rings. The molecule has 2 nitrogen and oxygen atoms in total. The van der Waals surface area contributed by atoms with Crippen LogP contribution >= 0.6 is 23.2 Å². The zero-order chi connectivity index (χ0) is 13.9. The lowest BCUT2D eigenvalue weighted by molar-refractivity contribution is 0.0752. The van der Waals surface area contributed by atoms with Crippen LogP contribution in [0.15, 0.2) is 18.2 Å². The van der Waals surface area contributed by atoms with E-state index in [1.54, 1.807) is 6.07 Å². The lowest BCUT2D eigenvalue weighted by Gasteiger charge is -2.38. The first-order chi connectivity index (χ1) is 9.74. The van der Waals surface area contributed by atoms with Crippen LogP contribution < -0.4 is 4.74 Å². The molecule has 1 heterocycles. The molecule has 2 fully saturated rings. The van der Waals surface area contributed by atoms with Crippen LogP contribution in [0.4, 0.5) is 0 Å². The molecule has 1 aliphatic carbocycles. The van der Waals surface area contributed by atoms with Crippen molar-refractivity contribution in [2.45, 2.75) is 25.7 Å². The molecule has 4 heteroatoms. The number of benzene rings is 1. The number of hydrogen-bond donors (Lipinski definition) is 0. The van der Waals surface area contributed by atoms with Crippen molar-refractivity contribution < 1.29 is 4.74 Å². The van der Waals surface area contributed by atoms with Gasteiger partial charge in [-0.1, -0.05) is 29.3 Å². The predicted octanol–water partition coefficient (Wildman–Crippen LogP) is 4.49. The first kappa shape index (κ1) is 14.5. The highest BCUT2D eigenvalue weighted by Crippen LogP contribution is 2.37. The standard InChI is InChI=1S/C16H21Cl2NO/c17-14-4-3-5-15(16(14)18)20-11-13-7-6-12(13)10-19-8-1-2-9-19/h3-5,12-13H,1-2,6-11H2/t12-,13+/m1/s1. The minimum atomic E-state index is 0.532. The number of hydrogen-bond acceptors (Lipinski definition) is 2. The number of nitrogens with zero attached hydrogens (tertiary/aromatic N) is 1. The fourth-order valence-corrected chi connectivity index (χ4v) is 3.53. The molecule has 0 radical (unpaired) electrons. The third-order valence-corrected chi connectivity index (χ3v) is 5.44. The summed E-state index contributed by atoms with van der Waals surface area (Å²) in [6, 6.07) is 5.56. The molecule has 3 rings (SSSR count). The van der Waals surface area contributed by atoms with Crippen LogP contribution in [-0.2, 0) is 0 Å². The Morgan fingerprint density at radius 1 is 1.10 bits per heavy atom. The van der Waals surface area contributed by atoms with Gasteiger partial charge in [0.1, 0.15) is 10.8 Å². The first-order valence-corrected chi connectivity index (χ1v) is 8.29. The van der Waals surface area contributed by atoms with Gasteiger partial charge in [-0.05, 0) is 62.7 Å². The summed E-state index contributed by atoms with van der Waals surface area (Å²) in [7, 11) is 0. The van der Waals surface area contributed by atoms with Gasteiger partial charge in [-0.15, -0.1) is 0 Å². The second-order valence-corrected chi connectivity index (χ2v) is 6.75. The van der Waals surface area contributed by atoms with Gasteiger partial charge in [0.25, 0.3) is 0 Å². The molecule has 0 unspecified atom stereocenters. The Bertz CT molecular complexity index is 460. The Hall–Kier alpha value is -0.440. The van der Waals surface area contributed by atoms with Crippen LogP contribution in [0.2, 0.25) is 10.0 Å². The lowest BCUT2D eigenvalue weighted by Crippen LogP contribution is -2.39. The molecule has 0 bridgehead atoms. The Balaban J connectivity index is 1.49. The second-order valence-electron chi connectivity index (χ2n) is 5.97. The van der Waals surface area contributed by atoms with Crippen molar-refractivity contribution in [3.63, 3.8) is 0 Å². The van der Waals surface area contributed by atoms with Crippen LogP contribution in [0.5, 0.6) is 5.75 Å². The van der Waals surface area contributed by atoms with E-state index in [-0.39, 0.29) is 0 Å². The smallest absolute Gasteiger partial charge is 0.139 e. The van der Waals surface area contributed by atoms with Crippen LogP contribution in [-0.4, -0.2) is 31.1 Å². The van der Waals surface area contributed by atoms with E-state index >= 15 is 0 Å². The Morgan fingerprint density at radius 3 is 2.55 bits per heavy atom. The summed E-state index contributed by atoms with van der Waals surface area (Å²) in [5.74, 6) is 2.18. The van der Waals surface area contributed by atoms with E-state index < -0.39 is 0 Å². The van der Waals surface area contributed by atoms with Gasteiger partial charge in [0.15, 0.2) is 0 Å². The molecule has 1 aliphatic heterocycles. The van der Waals surface area contributed by atoms with Gasteiger partial charge in [0.2, 0.25) is 0 Å². The molecular formula is C16H21Cl2NO. The summed E-state index contributed by atoms with van der Waals surface area (Å²) in [6.45, 7) is 4.57. The van der Waals surface area contributed by atoms with Gasteiger partial charge >= 0.3 is 0 Å². The topological polar surface area (TPSA) is 12.5 Å². The molecule has 110 valence electrons. The van der Waals surface area contributed by atoms with Crippen LogP contribution in [0, 0.1) is 11.8 Å². The quantitative estimate of drug-likeness (QED) is 0.794. The van der Waals surface area contributed by atoms with Gasteiger partial charge in [0, 0.05) is 6.54 Å². The fourth-order valence-electron chi connectivity index (χ4n) is 3.19. The molecule has 1 aromatic carbocycles. The van der Waals surface area contributed by atoms with Crippen molar-refractivity contribution in [3.05, 3.63) is 28.2 Å². The molecular weight excluding hydrogens is 293 g/mol. The molecule has 2 atom stereocenters. The number of likely N-dealkylation sites (tertiary alicyclic amines) is 1. The maximum Gasteiger partial charge on any atom is 0.139 e. The van der Waals surface area contributed by atoms with Crippen LogP contribution in [0.1, 0.15) is 25.7 Å². The Morgan fingerprint density at radius 2 is 1.85 bits per heavy atom. The highest BCUT2D eigenvalue weighted by molar-refractivity contribution is 6.42. The van der Waals surface area contributed by atoms with E-state index in [1.165, 1.54) is 45.3 Å². The molecule has 1 saturated heterocycles. The average molecular weight is 314 g/mol. The zero-order valence-corrected chi connectivity index (χ0v) is 13.2. The highest BCUT2D eigenvalue weighted by Gasteiger charge is 2.33. The van der Waals surface area contributed by atoms with E-state index in [1.807, 2.05) is 12.1 Å². The van der Waals surface area contributed by atoms with E-state index in [9.17, 15) is 0 Å². The maximum absolute atomic E-state index is 6.15. The van der Waals surface area contributed by atoms with Crippen molar-refractivity contribution in [2.24, 2.45) is 11.8 Å². The number of rotatable bonds is 5. The lowest BCUT2D eigenvalue weighted by atomic mass is 9.74. The van der Waals surface area contributed by atoms with E-state index in [0.717, 1.165) is 12.5 Å². The van der Waals surface area contributed by atoms with Crippen molar-refractivity contribution >= 4 is 23.2 Å². The Labute approximate surface area is 131 Å². The highest BCUT2D eigenvalue weighted by atomic mass is 35.5. The van der Waals surface area contributed by atoms with Gasteiger partial charge in [-0.2, -0.15) is 0 Å². The largest absolute Gasteiger partial charge is 0.492 e. The molecule has 0 aromatic heterocycles. The maximum atomic E-state index is 6.15. The van der Waals surface area contributed by atoms with E-state index in [0.29, 0.717) is 21.7 Å². The number of halogens is 2. The summed E-state index contributed by atoms with van der Waals surface area (Å²) in [6.07, 6.45) is 5.35. The third-order valence-electron chi connectivity index (χ3n) is 4.64. The van der Waals surface area contributed by atoms with Gasteiger partial charge in [-0.3, -0.25) is 0 Å². The fraction of sp³-hybridized carbons (Fsp3) is 0.625. The molecule has 0 amide bonds. The summed E-state index contributed by atoms with van der Waals surface area (Å²) in [5.41, 5.74) is 0. The Kier molecular flexibility index (Phi) is 4.75. The normalized spacial score (nSPS) is 26.5. The van der Waals surface area contributed by atoms with Crippen molar-refractivity contribution in [1.29, 1.82) is 0 Å². The van der Waals surface area contributed by atoms with Crippen molar-refractivity contribution in [3.8, 4) is 5.75 Å². The predicted molar refractivity (Wildman–Crippen MR) is 83.8 cm³/mol. The average Bonchev–Trinajstić information content (AvgIpc) is 2.93. The van der Waals surface area contributed by atoms with Gasteiger partial charge in [-0.25, -0.2) is 0 Å². The summed E-state index contributed by atoms with van der Waals surface area (Å²) in [4.78, 5) is 2.60. The second kappa shape index (κ2) is 6.55. The first-order valence-electron chi connectivity index (χ1n) is 7.53. The zero-order valence-electron chi connectivity index (χ0n) is 11.7. The molecule has 0 spiro atoms. The summed E-state index contributed by atoms with van der Waals surface area (Å²) >= 11 is 12.1. The minimum absolute atomic E-state index is 0.532. The number of ether oxygens (including phenoxy) is 1. The van der Waals surface area contributed by atoms with Crippen LogP contribution in [0.3, 0.4) is 0 Å². The third kappa shape index (κ3) is 3.24. The van der Waals surface area contributed by atoms with Crippen LogP contribution in [0.25, 0.3) is 0 Å². The summed E-state index contributed by atoms with van der Waals surface area (Å²) < 4.78 is 5.88. The minimum Gasteiger partial charge on any atom is -0.492 e. The van der Waals surface area contributed by atoms with Crippen molar-refractivity contribution in [2.75, 3.05) is 26.2 Å². The van der Waals surface area contributed by atoms with Gasteiger partial charge in [0.05, 0.1) is 11.6 Å². The van der Waals surface area contributed by atoms with E-state index in [2.05, 4.69) is 4.90 Å². The van der Waals surface area contributed by atoms with E-state index in [4.69, 9.17) is 27.9 Å². The van der Waals surface area contributed by atoms with Crippen molar-refractivity contribution in [1.82, 2.24) is 4.90 Å². The SMILES string of the molecule is Clc1cccc(OC[C@@H]2CC[C@@H]2CN2CCCC2)c1Cl. The van der Waals surface area contributed by atoms with Gasteiger partial charge < -0.3 is 9.64 Å². The monoisotopic (exact) mass is 313 g/mol. The summed E-state index contributed by atoms with van der Waals surface area (Å²) in [5, 5.41) is 1.09.